The van der Waals surface area contributed by atoms with E-state index in [2.05, 4.69) is 30.7 Å². The molecule has 226 valence electrons. The lowest BCUT2D eigenvalue weighted by Gasteiger charge is -2.24. The number of fused-ring (bicyclic) bond motifs is 4. The van der Waals surface area contributed by atoms with Crippen LogP contribution in [0.4, 0.5) is 18.9 Å². The monoisotopic (exact) mass is 623 g/mol. The molecular weight excluding hydrogens is 599 g/mol. The zero-order valence-electron chi connectivity index (χ0n) is 23.5. The van der Waals surface area contributed by atoms with Crippen LogP contribution in [0.2, 0.25) is 5.02 Å². The quantitative estimate of drug-likeness (QED) is 0.289. The molecule has 2 bridgehead atoms. The third kappa shape index (κ3) is 5.36. The van der Waals surface area contributed by atoms with Crippen molar-refractivity contribution in [3.8, 4) is 28.2 Å². The first-order valence-electron chi connectivity index (χ1n) is 13.7. The maximum absolute atomic E-state index is 14.8. The Labute approximate surface area is 253 Å². The largest absolute Gasteiger partial charge is 0.423 e. The molecule has 1 aromatic carbocycles. The van der Waals surface area contributed by atoms with E-state index >= 15 is 0 Å². The van der Waals surface area contributed by atoms with Crippen molar-refractivity contribution in [2.75, 3.05) is 5.32 Å². The molecule has 44 heavy (non-hydrogen) atoms. The molecule has 0 saturated heterocycles. The molecule has 0 radical (unpaired) electrons. The van der Waals surface area contributed by atoms with E-state index in [0.29, 0.717) is 35.5 Å². The van der Waals surface area contributed by atoms with Crippen LogP contribution >= 0.6 is 11.6 Å². The molecule has 5 heterocycles. The maximum Gasteiger partial charge on any atom is 0.423 e. The van der Waals surface area contributed by atoms with Crippen LogP contribution in [0.3, 0.4) is 0 Å². The molecule has 2 unspecified atom stereocenters. The SMILES string of the molecule is CC1CCCC(n2cnc(-c3cc(Cl)ccc3-n3ccnn3)c(C(F)(F)F)c2=O)c2cc(ccn2)-c2c(cnn2C)NC1=O. The number of pyridine rings is 1. The Morgan fingerprint density at radius 2 is 1.89 bits per heavy atom. The minimum atomic E-state index is -5.07. The second kappa shape index (κ2) is 11.3. The van der Waals surface area contributed by atoms with Crippen molar-refractivity contribution in [3.63, 3.8) is 0 Å². The van der Waals surface area contributed by atoms with Gasteiger partial charge in [0.1, 0.15) is 5.56 Å². The van der Waals surface area contributed by atoms with Gasteiger partial charge in [0.25, 0.3) is 5.56 Å². The molecule has 0 fully saturated rings. The Morgan fingerprint density at radius 1 is 1.07 bits per heavy atom. The molecular formula is C29H25ClF3N9O2. The molecule has 1 aliphatic heterocycles. The summed E-state index contributed by atoms with van der Waals surface area (Å²) >= 11 is 6.19. The molecule has 6 rings (SSSR count). The standard InChI is InChI=1S/C29H25ClF3N9O2/c1-16-4-3-5-23(20-12-17(8-9-34-20)26-21(38-27(16)43)14-37-40(26)2)41-15-35-25(24(28(41)44)29(31,32)33)19-13-18(30)6-7-22(19)42-11-10-36-39-42/h6-16,23H,3-5H2,1-2H3,(H,38,43). The lowest BCUT2D eigenvalue weighted by atomic mass is 9.96. The molecule has 1 aliphatic rings. The van der Waals surface area contributed by atoms with Crippen LogP contribution in [0, 0.1) is 5.92 Å². The summed E-state index contributed by atoms with van der Waals surface area (Å²) < 4.78 is 48.1. The molecule has 0 saturated carbocycles. The number of aryl methyl sites for hydroxylation is 1. The van der Waals surface area contributed by atoms with Gasteiger partial charge in [-0.25, -0.2) is 9.67 Å². The predicted octanol–water partition coefficient (Wildman–Crippen LogP) is 5.31. The highest BCUT2D eigenvalue weighted by molar-refractivity contribution is 6.31. The molecule has 2 atom stereocenters. The van der Waals surface area contributed by atoms with Gasteiger partial charge in [-0.1, -0.05) is 30.2 Å². The van der Waals surface area contributed by atoms with E-state index in [-0.39, 0.29) is 28.6 Å². The number of rotatable bonds is 3. The molecule has 4 aromatic heterocycles. The van der Waals surface area contributed by atoms with Crippen molar-refractivity contribution < 1.29 is 18.0 Å². The number of benzene rings is 1. The Bertz CT molecular complexity index is 1920. The van der Waals surface area contributed by atoms with Gasteiger partial charge in [0.2, 0.25) is 5.91 Å². The molecule has 1 N–H and O–H groups in total. The number of hydrogen-bond donors (Lipinski definition) is 1. The summed E-state index contributed by atoms with van der Waals surface area (Å²) in [6, 6.07) is 6.76. The molecule has 0 spiro atoms. The number of nitrogens with zero attached hydrogens (tertiary/aromatic N) is 8. The Kier molecular flexibility index (Phi) is 7.53. The van der Waals surface area contributed by atoms with Crippen LogP contribution in [0.25, 0.3) is 28.2 Å². The van der Waals surface area contributed by atoms with Gasteiger partial charge >= 0.3 is 6.18 Å². The second-order valence-corrected chi connectivity index (χ2v) is 11.0. The first-order chi connectivity index (χ1) is 21.0. The fraction of sp³-hybridized carbons (Fsp3) is 0.276. The molecule has 15 heteroatoms. The van der Waals surface area contributed by atoms with Gasteiger partial charge in [-0.2, -0.15) is 18.3 Å². The minimum Gasteiger partial charge on any atom is -0.323 e. The average molecular weight is 624 g/mol. The minimum absolute atomic E-state index is 0.0398. The summed E-state index contributed by atoms with van der Waals surface area (Å²) in [6.07, 6.45) is 2.99. The van der Waals surface area contributed by atoms with Crippen LogP contribution in [-0.4, -0.2) is 45.2 Å². The zero-order chi connectivity index (χ0) is 31.2. The van der Waals surface area contributed by atoms with E-state index in [9.17, 15) is 22.8 Å². The first-order valence-corrected chi connectivity index (χ1v) is 14.0. The average Bonchev–Trinajstić information content (AvgIpc) is 3.64. The van der Waals surface area contributed by atoms with Crippen molar-refractivity contribution >= 4 is 23.2 Å². The van der Waals surface area contributed by atoms with Crippen LogP contribution in [0.1, 0.15) is 43.5 Å². The van der Waals surface area contributed by atoms with E-state index in [1.165, 1.54) is 47.7 Å². The van der Waals surface area contributed by atoms with Crippen molar-refractivity contribution in [2.45, 2.75) is 38.4 Å². The normalized spacial score (nSPS) is 17.4. The van der Waals surface area contributed by atoms with E-state index < -0.39 is 35.0 Å². The van der Waals surface area contributed by atoms with Gasteiger partial charge in [0.15, 0.2) is 0 Å². The van der Waals surface area contributed by atoms with Gasteiger partial charge < -0.3 is 5.32 Å². The summed E-state index contributed by atoms with van der Waals surface area (Å²) in [4.78, 5) is 35.5. The Balaban J connectivity index is 1.55. The maximum atomic E-state index is 14.8. The predicted molar refractivity (Wildman–Crippen MR) is 155 cm³/mol. The fourth-order valence-corrected chi connectivity index (χ4v) is 5.64. The van der Waals surface area contributed by atoms with Crippen LogP contribution in [-0.2, 0) is 18.0 Å². The highest BCUT2D eigenvalue weighted by Crippen LogP contribution is 2.38. The van der Waals surface area contributed by atoms with Gasteiger partial charge in [-0.05, 0) is 43.2 Å². The summed E-state index contributed by atoms with van der Waals surface area (Å²) in [5.74, 6) is -0.617. The summed E-state index contributed by atoms with van der Waals surface area (Å²) in [6.45, 7) is 1.77. The zero-order valence-corrected chi connectivity index (χ0v) is 24.2. The summed E-state index contributed by atoms with van der Waals surface area (Å²) in [5, 5.41) is 15.0. The van der Waals surface area contributed by atoms with Crippen LogP contribution in [0.15, 0.2) is 66.2 Å². The number of hydrogen-bond acceptors (Lipinski definition) is 7. The number of nitrogens with one attached hydrogen (secondary N) is 1. The summed E-state index contributed by atoms with van der Waals surface area (Å²) in [7, 11) is 1.71. The summed E-state index contributed by atoms with van der Waals surface area (Å²) in [5.41, 5.74) is -1.10. The van der Waals surface area contributed by atoms with Crippen LogP contribution < -0.4 is 10.9 Å². The smallest absolute Gasteiger partial charge is 0.323 e. The first kappa shape index (κ1) is 29.2. The molecule has 5 aromatic rings. The number of anilines is 1. The lowest BCUT2D eigenvalue weighted by Crippen LogP contribution is -2.34. The molecule has 1 amide bonds. The van der Waals surface area contributed by atoms with Crippen molar-refractivity contribution in [1.29, 1.82) is 0 Å². The number of aromatic nitrogens is 8. The van der Waals surface area contributed by atoms with E-state index in [1.54, 1.807) is 30.8 Å². The van der Waals surface area contributed by atoms with Gasteiger partial charge in [0.05, 0.1) is 59.4 Å². The van der Waals surface area contributed by atoms with E-state index in [1.807, 2.05) is 0 Å². The number of carbonyl (C=O) groups is 1. The lowest BCUT2D eigenvalue weighted by molar-refractivity contribution is -0.138. The number of halogens is 4. The third-order valence-electron chi connectivity index (χ3n) is 7.65. The van der Waals surface area contributed by atoms with E-state index in [0.717, 1.165) is 10.9 Å². The van der Waals surface area contributed by atoms with Crippen LogP contribution in [0.5, 0.6) is 0 Å². The topological polar surface area (TPSA) is 125 Å². The second-order valence-electron chi connectivity index (χ2n) is 10.5. The van der Waals surface area contributed by atoms with Crippen molar-refractivity contribution in [1.82, 2.24) is 39.3 Å². The number of alkyl halides is 3. The van der Waals surface area contributed by atoms with Gasteiger partial charge in [0, 0.05) is 35.3 Å². The Hall–Kier alpha value is -4.85. The van der Waals surface area contributed by atoms with E-state index in [4.69, 9.17) is 11.6 Å². The molecule has 11 nitrogen and oxygen atoms in total. The highest BCUT2D eigenvalue weighted by atomic mass is 35.5. The highest BCUT2D eigenvalue weighted by Gasteiger charge is 2.40. The number of carbonyl (C=O) groups excluding carboxylic acids is 1. The van der Waals surface area contributed by atoms with Gasteiger partial charge in [-0.15, -0.1) is 5.10 Å². The fourth-order valence-electron chi connectivity index (χ4n) is 5.47. The van der Waals surface area contributed by atoms with Crippen molar-refractivity contribution in [2.24, 2.45) is 13.0 Å². The third-order valence-corrected chi connectivity index (χ3v) is 7.89. The Morgan fingerprint density at radius 3 is 2.64 bits per heavy atom. The van der Waals surface area contributed by atoms with Gasteiger partial charge in [-0.3, -0.25) is 23.8 Å². The van der Waals surface area contributed by atoms with Crippen molar-refractivity contribution in [3.05, 3.63) is 88.1 Å². The molecule has 0 aliphatic carbocycles. The number of amides is 1.